The number of carbonyl (C=O) groups excluding carboxylic acids is 1. The van der Waals surface area contributed by atoms with E-state index in [-0.39, 0.29) is 24.0 Å². The van der Waals surface area contributed by atoms with E-state index < -0.39 is 0 Å². The molecule has 1 aliphatic heterocycles. The largest absolute Gasteiger partial charge is 0.330 e. The van der Waals surface area contributed by atoms with Gasteiger partial charge in [-0.15, -0.1) is 5.10 Å². The highest BCUT2D eigenvalue weighted by Gasteiger charge is 2.25. The van der Waals surface area contributed by atoms with Crippen molar-refractivity contribution < 1.29 is 9.18 Å². The van der Waals surface area contributed by atoms with Crippen molar-refractivity contribution in [2.45, 2.75) is 20.3 Å². The second-order valence-corrected chi connectivity index (χ2v) is 5.44. The Morgan fingerprint density at radius 1 is 1.23 bits per heavy atom. The molecule has 114 valence electrons. The van der Waals surface area contributed by atoms with Gasteiger partial charge in [0.2, 0.25) is 0 Å². The molecule has 0 saturated carbocycles. The van der Waals surface area contributed by atoms with Gasteiger partial charge in [0.1, 0.15) is 5.83 Å². The summed E-state index contributed by atoms with van der Waals surface area (Å²) in [5.41, 5.74) is 2.92. The van der Waals surface area contributed by atoms with E-state index in [0.717, 1.165) is 11.3 Å². The van der Waals surface area contributed by atoms with Crippen LogP contribution in [0.2, 0.25) is 0 Å². The summed E-state index contributed by atoms with van der Waals surface area (Å²) in [7, 11) is 0. The Labute approximate surface area is 128 Å². The van der Waals surface area contributed by atoms with Gasteiger partial charge in [0.15, 0.2) is 5.69 Å². The van der Waals surface area contributed by atoms with Crippen molar-refractivity contribution in [3.63, 3.8) is 0 Å². The quantitative estimate of drug-likeness (QED) is 0.856. The fraction of sp³-hybridized carbons (Fsp3) is 0.312. The summed E-state index contributed by atoms with van der Waals surface area (Å²) < 4.78 is 15.0. The predicted molar refractivity (Wildman–Crippen MR) is 80.5 cm³/mol. The van der Waals surface area contributed by atoms with Crippen LogP contribution in [0.4, 0.5) is 4.39 Å². The van der Waals surface area contributed by atoms with E-state index >= 15 is 0 Å². The van der Waals surface area contributed by atoms with Crippen LogP contribution < -0.4 is 0 Å². The Morgan fingerprint density at radius 2 is 1.95 bits per heavy atom. The van der Waals surface area contributed by atoms with Gasteiger partial charge in [-0.25, -0.2) is 9.07 Å². The van der Waals surface area contributed by atoms with Gasteiger partial charge in [0.05, 0.1) is 17.9 Å². The average Bonchev–Trinajstić information content (AvgIpc) is 2.89. The van der Waals surface area contributed by atoms with E-state index in [9.17, 15) is 9.18 Å². The van der Waals surface area contributed by atoms with Crippen molar-refractivity contribution in [1.29, 1.82) is 0 Å². The summed E-state index contributed by atoms with van der Waals surface area (Å²) in [4.78, 5) is 13.9. The van der Waals surface area contributed by atoms with Crippen LogP contribution in [0.1, 0.15) is 28.2 Å². The molecule has 3 rings (SSSR count). The predicted octanol–water partition coefficient (Wildman–Crippen LogP) is 2.58. The number of hydrogen-bond donors (Lipinski definition) is 0. The smallest absolute Gasteiger partial charge is 0.276 e. The standard InChI is InChI=1S/C16H17FN4O/c1-11-5-7-14(8-6-11)21-12(2)15(18-19-21)16(22)20-9-3-4-13(17)10-20/h4-8H,3,9-10H2,1-2H3. The fourth-order valence-electron chi connectivity index (χ4n) is 2.48. The van der Waals surface area contributed by atoms with Crippen molar-refractivity contribution in [2.75, 3.05) is 13.1 Å². The molecular formula is C16H17FN4O. The molecule has 1 amide bonds. The molecule has 1 aliphatic rings. The number of rotatable bonds is 2. The molecule has 2 aromatic rings. The van der Waals surface area contributed by atoms with E-state index in [1.54, 1.807) is 11.6 Å². The number of halogens is 1. The topological polar surface area (TPSA) is 51.0 Å². The second kappa shape index (κ2) is 5.71. The first kappa shape index (κ1) is 14.4. The molecule has 1 aromatic carbocycles. The molecule has 22 heavy (non-hydrogen) atoms. The highest BCUT2D eigenvalue weighted by Crippen LogP contribution is 2.17. The van der Waals surface area contributed by atoms with Gasteiger partial charge in [-0.2, -0.15) is 0 Å². The summed E-state index contributed by atoms with van der Waals surface area (Å²) in [6, 6.07) is 7.80. The van der Waals surface area contributed by atoms with Crippen LogP contribution in [0, 0.1) is 13.8 Å². The lowest BCUT2D eigenvalue weighted by Gasteiger charge is -2.23. The Kier molecular flexibility index (Phi) is 3.75. The fourth-order valence-corrected chi connectivity index (χ4v) is 2.48. The van der Waals surface area contributed by atoms with Gasteiger partial charge in [-0.1, -0.05) is 22.9 Å². The van der Waals surface area contributed by atoms with Crippen molar-refractivity contribution >= 4 is 5.91 Å². The van der Waals surface area contributed by atoms with Gasteiger partial charge in [-0.05, 0) is 38.5 Å². The molecule has 0 radical (unpaired) electrons. The van der Waals surface area contributed by atoms with Crippen LogP contribution in [0.5, 0.6) is 0 Å². The monoisotopic (exact) mass is 300 g/mol. The lowest BCUT2D eigenvalue weighted by Crippen LogP contribution is -2.35. The third-order valence-corrected chi connectivity index (χ3v) is 3.77. The van der Waals surface area contributed by atoms with Gasteiger partial charge in [0, 0.05) is 6.54 Å². The number of aryl methyl sites for hydroxylation is 1. The zero-order valence-corrected chi connectivity index (χ0v) is 12.6. The molecule has 0 spiro atoms. The van der Waals surface area contributed by atoms with Crippen LogP contribution in [0.25, 0.3) is 5.69 Å². The summed E-state index contributed by atoms with van der Waals surface area (Å²) in [6.45, 7) is 4.31. The Bertz CT molecular complexity index is 733. The zero-order chi connectivity index (χ0) is 15.7. The summed E-state index contributed by atoms with van der Waals surface area (Å²) in [6.07, 6.45) is 2.04. The van der Waals surface area contributed by atoms with E-state index in [4.69, 9.17) is 0 Å². The van der Waals surface area contributed by atoms with Crippen LogP contribution in [0.15, 0.2) is 36.2 Å². The van der Waals surface area contributed by atoms with Crippen molar-refractivity contribution in [3.05, 3.63) is 53.1 Å². The van der Waals surface area contributed by atoms with Gasteiger partial charge in [-0.3, -0.25) is 4.79 Å². The number of carbonyl (C=O) groups is 1. The minimum Gasteiger partial charge on any atom is -0.330 e. The first-order valence-corrected chi connectivity index (χ1v) is 7.19. The maximum atomic E-state index is 13.3. The number of nitrogens with zero attached hydrogens (tertiary/aromatic N) is 4. The normalized spacial score (nSPS) is 14.9. The molecule has 6 heteroatoms. The van der Waals surface area contributed by atoms with Crippen molar-refractivity contribution in [3.8, 4) is 5.69 Å². The lowest BCUT2D eigenvalue weighted by molar-refractivity contribution is 0.0748. The maximum absolute atomic E-state index is 13.3. The van der Waals surface area contributed by atoms with Crippen LogP contribution >= 0.6 is 0 Å². The molecule has 5 nitrogen and oxygen atoms in total. The van der Waals surface area contributed by atoms with Crippen LogP contribution in [0.3, 0.4) is 0 Å². The molecule has 0 saturated heterocycles. The number of benzene rings is 1. The molecule has 0 N–H and O–H groups in total. The van der Waals surface area contributed by atoms with Crippen LogP contribution in [-0.2, 0) is 0 Å². The molecule has 0 aliphatic carbocycles. The van der Waals surface area contributed by atoms with E-state index in [2.05, 4.69) is 10.3 Å². The zero-order valence-electron chi connectivity index (χ0n) is 12.6. The average molecular weight is 300 g/mol. The molecule has 0 fully saturated rings. The Morgan fingerprint density at radius 3 is 2.64 bits per heavy atom. The number of aromatic nitrogens is 3. The van der Waals surface area contributed by atoms with Gasteiger partial charge in [0.25, 0.3) is 5.91 Å². The van der Waals surface area contributed by atoms with E-state index in [0.29, 0.717) is 18.7 Å². The molecule has 2 heterocycles. The summed E-state index contributed by atoms with van der Waals surface area (Å²) in [5, 5.41) is 8.06. The summed E-state index contributed by atoms with van der Waals surface area (Å²) >= 11 is 0. The van der Waals surface area contributed by atoms with Gasteiger partial charge >= 0.3 is 0 Å². The number of hydrogen-bond acceptors (Lipinski definition) is 3. The third kappa shape index (κ3) is 2.64. The molecule has 0 atom stereocenters. The SMILES string of the molecule is Cc1ccc(-n2nnc(C(=O)N3CCC=C(F)C3)c2C)cc1. The first-order valence-electron chi connectivity index (χ1n) is 7.19. The van der Waals surface area contributed by atoms with Crippen molar-refractivity contribution in [1.82, 2.24) is 19.9 Å². The second-order valence-electron chi connectivity index (χ2n) is 5.44. The van der Waals surface area contributed by atoms with Gasteiger partial charge < -0.3 is 4.90 Å². The Balaban J connectivity index is 1.88. The van der Waals surface area contributed by atoms with Crippen molar-refractivity contribution in [2.24, 2.45) is 0 Å². The lowest BCUT2D eigenvalue weighted by atomic mass is 10.2. The van der Waals surface area contributed by atoms with E-state index in [1.165, 1.54) is 11.0 Å². The molecule has 1 aromatic heterocycles. The highest BCUT2D eigenvalue weighted by atomic mass is 19.1. The highest BCUT2D eigenvalue weighted by molar-refractivity contribution is 5.93. The number of amides is 1. The minimum absolute atomic E-state index is 0.00959. The Hall–Kier alpha value is -2.50. The summed E-state index contributed by atoms with van der Waals surface area (Å²) in [5.74, 6) is -0.553. The van der Waals surface area contributed by atoms with E-state index in [1.807, 2.05) is 31.2 Å². The molecular weight excluding hydrogens is 283 g/mol. The first-order chi connectivity index (χ1) is 10.6. The van der Waals surface area contributed by atoms with Crippen LogP contribution in [-0.4, -0.2) is 38.9 Å². The third-order valence-electron chi connectivity index (χ3n) is 3.77. The molecule has 0 unspecified atom stereocenters. The molecule has 0 bridgehead atoms. The maximum Gasteiger partial charge on any atom is 0.276 e. The minimum atomic E-state index is -0.279.